The van der Waals surface area contributed by atoms with Crippen LogP contribution in [0.1, 0.15) is 91.0 Å². The first-order valence-electron chi connectivity index (χ1n) is 19.5. The molecule has 1 aliphatic heterocycles. The van der Waals surface area contributed by atoms with Gasteiger partial charge in [0, 0.05) is 48.8 Å². The Hall–Kier alpha value is -3.60. The largest absolute Gasteiger partial charge is 0.497 e. The smallest absolute Gasteiger partial charge is 0.306 e. The van der Waals surface area contributed by atoms with E-state index in [4.69, 9.17) is 24.2 Å². The van der Waals surface area contributed by atoms with Crippen LogP contribution in [0, 0.1) is 23.2 Å². The molecular weight excluding hydrogens is 738 g/mol. The molecule has 1 saturated heterocycles. The molecular formula is C42H56N3O8PS. The van der Waals surface area contributed by atoms with Crippen LogP contribution in [0.5, 0.6) is 11.5 Å². The molecule has 1 unspecified atom stereocenters. The summed E-state index contributed by atoms with van der Waals surface area (Å²) in [7, 11) is -2.11. The van der Waals surface area contributed by atoms with E-state index in [0.717, 1.165) is 48.2 Å². The molecule has 11 nitrogen and oxygen atoms in total. The number of carbonyl (C=O) groups excluding carboxylic acids is 3. The third-order valence-electron chi connectivity index (χ3n) is 11.6. The van der Waals surface area contributed by atoms with Crippen molar-refractivity contribution in [2.75, 3.05) is 20.3 Å². The number of fused-ring (bicyclic) bond motifs is 1. The predicted molar refractivity (Wildman–Crippen MR) is 215 cm³/mol. The van der Waals surface area contributed by atoms with Crippen molar-refractivity contribution < 1.29 is 38.1 Å². The average molecular weight is 794 g/mol. The Morgan fingerprint density at radius 1 is 1.13 bits per heavy atom. The average Bonchev–Trinajstić information content (AvgIpc) is 3.50. The zero-order valence-corrected chi connectivity index (χ0v) is 34.9. The molecule has 0 radical (unpaired) electrons. The third-order valence-corrected chi connectivity index (χ3v) is 14.8. The van der Waals surface area contributed by atoms with Gasteiger partial charge in [0.1, 0.15) is 23.7 Å². The van der Waals surface area contributed by atoms with Crippen molar-refractivity contribution in [1.82, 2.24) is 14.9 Å². The third kappa shape index (κ3) is 9.02. The van der Waals surface area contributed by atoms with Crippen LogP contribution in [-0.2, 0) is 30.1 Å². The summed E-state index contributed by atoms with van der Waals surface area (Å²) in [4.78, 5) is 64.6. The van der Waals surface area contributed by atoms with Crippen molar-refractivity contribution in [2.45, 2.75) is 116 Å². The highest BCUT2D eigenvalue weighted by Gasteiger charge is 2.63. The molecule has 3 aromatic rings. The quantitative estimate of drug-likeness (QED) is 0.0907. The fourth-order valence-electron chi connectivity index (χ4n) is 8.26. The van der Waals surface area contributed by atoms with Crippen LogP contribution in [-0.4, -0.2) is 81.1 Å². The number of Topliss-reactive ketones (excluding diaryl/α,β-unsaturated/α-hetero) is 1. The van der Waals surface area contributed by atoms with Crippen LogP contribution in [0.15, 0.2) is 42.3 Å². The zero-order valence-electron chi connectivity index (χ0n) is 33.2. The summed E-state index contributed by atoms with van der Waals surface area (Å²) < 4.78 is 31.3. The van der Waals surface area contributed by atoms with Crippen molar-refractivity contribution in [3.63, 3.8) is 0 Å². The molecule has 2 aliphatic carbocycles. The molecule has 1 N–H and O–H groups in total. The maximum absolute atomic E-state index is 14.7. The number of hydrogen-bond donors (Lipinski definition) is 1. The maximum Gasteiger partial charge on any atom is 0.306 e. The summed E-state index contributed by atoms with van der Waals surface area (Å²) in [6.45, 7) is 15.3. The van der Waals surface area contributed by atoms with Crippen molar-refractivity contribution >= 4 is 47.3 Å². The van der Waals surface area contributed by atoms with Gasteiger partial charge in [-0.05, 0) is 61.5 Å². The maximum atomic E-state index is 14.7. The van der Waals surface area contributed by atoms with Gasteiger partial charge in [0.15, 0.2) is 5.78 Å². The molecule has 3 heterocycles. The zero-order chi connectivity index (χ0) is 39.9. The molecule has 0 spiro atoms. The molecule has 6 atom stereocenters. The van der Waals surface area contributed by atoms with E-state index in [9.17, 15) is 23.8 Å². The second-order valence-electron chi connectivity index (χ2n) is 17.3. The Balaban J connectivity index is 1.33. The molecule has 1 amide bonds. The highest BCUT2D eigenvalue weighted by molar-refractivity contribution is 7.59. The number of pyridine rings is 1. The minimum atomic E-state index is -3.70. The lowest BCUT2D eigenvalue weighted by molar-refractivity contribution is -0.156. The van der Waals surface area contributed by atoms with E-state index in [1.54, 1.807) is 29.4 Å². The van der Waals surface area contributed by atoms with Gasteiger partial charge in [-0.15, -0.1) is 17.9 Å². The monoisotopic (exact) mass is 793 g/mol. The lowest BCUT2D eigenvalue weighted by atomic mass is 9.77. The predicted octanol–water partition coefficient (Wildman–Crippen LogP) is 8.26. The summed E-state index contributed by atoms with van der Waals surface area (Å²) in [5.41, 5.74) is 1.36. The van der Waals surface area contributed by atoms with Crippen molar-refractivity contribution in [2.24, 2.45) is 23.2 Å². The molecule has 298 valence electrons. The number of carbonyl (C=O) groups is 3. The molecule has 2 saturated carbocycles. The van der Waals surface area contributed by atoms with E-state index in [0.29, 0.717) is 35.0 Å². The number of nitrogens with zero attached hydrogens (tertiary/aromatic N) is 3. The number of methoxy groups -OCH3 is 1. The number of benzene rings is 1. The number of rotatable bonds is 15. The molecule has 3 fully saturated rings. The fraction of sp³-hybridized carbons (Fsp3) is 0.595. The van der Waals surface area contributed by atoms with Gasteiger partial charge in [-0.25, -0.2) is 9.97 Å². The first-order chi connectivity index (χ1) is 25.9. The lowest BCUT2D eigenvalue weighted by Gasteiger charge is -2.35. The molecule has 13 heteroatoms. The van der Waals surface area contributed by atoms with Gasteiger partial charge >= 0.3 is 5.97 Å². The van der Waals surface area contributed by atoms with Gasteiger partial charge in [-0.2, -0.15) is 0 Å². The fourth-order valence-corrected chi connectivity index (χ4v) is 11.0. The van der Waals surface area contributed by atoms with Gasteiger partial charge in [-0.1, -0.05) is 40.7 Å². The van der Waals surface area contributed by atoms with Crippen LogP contribution >= 0.6 is 18.7 Å². The summed E-state index contributed by atoms with van der Waals surface area (Å²) in [5.74, 6) is -0.486. The Bertz CT molecular complexity index is 1980. The Morgan fingerprint density at radius 3 is 2.47 bits per heavy atom. The van der Waals surface area contributed by atoms with E-state index in [1.165, 1.54) is 6.66 Å². The number of esters is 1. The summed E-state index contributed by atoms with van der Waals surface area (Å²) >= 11 is 1.59. The topological polar surface area (TPSA) is 145 Å². The van der Waals surface area contributed by atoms with Crippen LogP contribution in [0.25, 0.3) is 22.3 Å². The standard InChI is InChI=1S/C42H56N3O8PS/c1-9-26-21-42(26,54(8,49)50)22-36(46)35-18-29(23-45(35)40(48)31(41(4,5)6)19-39(47)53-27-12-10-11-13-27)52-37-20-33(34-24-55-38(44-34)16-25(2)3)43-32-17-28(51-7)14-15-30(32)37/h9,14-15,17,20,24-27,29,31,35H,1,10-13,16,18-19,21-23H2,2-8H3,(H,49,50)/t26-,29-,31-,35+,42-/m1/s1. The first kappa shape index (κ1) is 41.0. The first-order valence-corrected chi connectivity index (χ1v) is 22.5. The highest BCUT2D eigenvalue weighted by atomic mass is 32.1. The van der Waals surface area contributed by atoms with Gasteiger partial charge in [0.05, 0.1) is 59.1 Å². The van der Waals surface area contributed by atoms with Crippen LogP contribution in [0.2, 0.25) is 0 Å². The summed E-state index contributed by atoms with van der Waals surface area (Å²) in [6.07, 6.45) is 5.69. The van der Waals surface area contributed by atoms with Crippen LogP contribution < -0.4 is 9.47 Å². The molecule has 2 aromatic heterocycles. The Labute approximate surface area is 328 Å². The SMILES string of the molecule is C=C[C@@H]1C[C@]1(CC(=O)[C@@H]1C[C@@H](Oc2cc(-c3csc(CC(C)C)n3)nc3cc(OC)ccc23)CN1C(=O)[C@@H](CC(=O)OC1CCCC1)C(C)(C)C)P(C)(=O)O. The van der Waals surface area contributed by atoms with Gasteiger partial charge in [0.25, 0.3) is 0 Å². The lowest BCUT2D eigenvalue weighted by Crippen LogP contribution is -2.48. The number of ketones is 1. The van der Waals surface area contributed by atoms with Gasteiger partial charge in [0.2, 0.25) is 13.3 Å². The molecule has 55 heavy (non-hydrogen) atoms. The second kappa shape index (κ2) is 16.1. The van der Waals surface area contributed by atoms with Gasteiger partial charge in [-0.3, -0.25) is 18.9 Å². The second-order valence-corrected chi connectivity index (χ2v) is 20.9. The van der Waals surface area contributed by atoms with E-state index >= 15 is 0 Å². The number of likely N-dealkylation sites (tertiary alicyclic amines) is 1. The molecule has 3 aliphatic rings. The summed E-state index contributed by atoms with van der Waals surface area (Å²) in [5, 5.41) is 2.63. The number of ether oxygens (including phenoxy) is 3. The number of hydrogen-bond acceptors (Lipinski definition) is 10. The van der Waals surface area contributed by atoms with Crippen molar-refractivity contribution in [3.05, 3.63) is 47.3 Å². The number of thiazole rings is 1. The van der Waals surface area contributed by atoms with E-state index in [1.807, 2.05) is 50.4 Å². The van der Waals surface area contributed by atoms with E-state index < -0.39 is 42.0 Å². The molecule has 1 aromatic carbocycles. The molecule has 6 rings (SSSR count). The van der Waals surface area contributed by atoms with Crippen LogP contribution in [0.3, 0.4) is 0 Å². The number of aromatic nitrogens is 2. The van der Waals surface area contributed by atoms with Crippen molar-refractivity contribution in [3.8, 4) is 22.9 Å². The van der Waals surface area contributed by atoms with E-state index in [2.05, 4.69) is 20.4 Å². The van der Waals surface area contributed by atoms with Crippen LogP contribution in [0.4, 0.5) is 0 Å². The normalized spacial score (nSPS) is 24.5. The van der Waals surface area contributed by atoms with Crippen molar-refractivity contribution in [1.29, 1.82) is 0 Å². The Morgan fingerprint density at radius 2 is 1.85 bits per heavy atom. The minimum Gasteiger partial charge on any atom is -0.497 e. The number of allylic oxidation sites excluding steroid dienone is 1. The number of amides is 1. The molecule has 0 bridgehead atoms. The van der Waals surface area contributed by atoms with E-state index in [-0.39, 0.29) is 49.5 Å². The Kier molecular flexibility index (Phi) is 12.0. The minimum absolute atomic E-state index is 0.0881. The highest BCUT2D eigenvalue weighted by Crippen LogP contribution is 2.71. The summed E-state index contributed by atoms with van der Waals surface area (Å²) in [6, 6.07) is 6.48. The van der Waals surface area contributed by atoms with Gasteiger partial charge < -0.3 is 24.0 Å².